The van der Waals surface area contributed by atoms with Crippen molar-refractivity contribution in [3.8, 4) is 5.75 Å². The number of benzene rings is 2. The van der Waals surface area contributed by atoms with Gasteiger partial charge in [0.05, 0.1) is 12.9 Å². The van der Waals surface area contributed by atoms with Gasteiger partial charge in [0.15, 0.2) is 6.54 Å². The van der Waals surface area contributed by atoms with Gasteiger partial charge in [0.2, 0.25) is 5.52 Å². The Morgan fingerprint density at radius 3 is 2.67 bits per heavy atom. The van der Waals surface area contributed by atoms with E-state index in [0.717, 1.165) is 36.6 Å². The smallest absolute Gasteiger partial charge is 0.265 e. The first-order valence-corrected chi connectivity index (χ1v) is 12.5. The number of aryl methyl sites for hydroxylation is 1. The minimum absolute atomic E-state index is 0.283. The number of thiazole rings is 1. The highest BCUT2D eigenvalue weighted by molar-refractivity contribution is 7.85. The van der Waals surface area contributed by atoms with Crippen LogP contribution in [-0.2, 0) is 16.7 Å². The fraction of sp³-hybridized carbons (Fsp3) is 0.190. The van der Waals surface area contributed by atoms with Crippen LogP contribution in [0.4, 0.5) is 4.39 Å². The lowest BCUT2D eigenvalue weighted by molar-refractivity contribution is -0.667. The monoisotopic (exact) mass is 464 g/mol. The second-order valence-corrected chi connectivity index (χ2v) is 10.3. The molecule has 156 valence electrons. The van der Waals surface area contributed by atoms with E-state index < -0.39 is 10.1 Å². The molecule has 2 aromatic heterocycles. The second-order valence-electron chi connectivity index (χ2n) is 6.71. The van der Waals surface area contributed by atoms with E-state index in [1.165, 1.54) is 12.1 Å². The van der Waals surface area contributed by atoms with E-state index in [2.05, 4.69) is 4.57 Å². The zero-order valence-corrected chi connectivity index (χ0v) is 18.5. The average molecular weight is 465 g/mol. The van der Waals surface area contributed by atoms with Crippen LogP contribution < -0.4 is 9.30 Å². The van der Waals surface area contributed by atoms with Crippen molar-refractivity contribution in [2.45, 2.75) is 13.0 Å². The second kappa shape index (κ2) is 8.43. The van der Waals surface area contributed by atoms with E-state index in [0.29, 0.717) is 6.54 Å². The number of nitrogens with zero attached hydrogens (tertiary/aromatic N) is 1. The summed E-state index contributed by atoms with van der Waals surface area (Å²) in [4.78, 5) is 0. The van der Waals surface area contributed by atoms with E-state index in [9.17, 15) is 12.8 Å². The van der Waals surface area contributed by atoms with Gasteiger partial charge in [-0.1, -0.05) is 23.5 Å². The molecule has 1 N–H and O–H groups in total. The van der Waals surface area contributed by atoms with Gasteiger partial charge in [-0.05, 0) is 35.2 Å². The Balaban J connectivity index is 1.82. The Hall–Kier alpha value is -2.33. The van der Waals surface area contributed by atoms with Crippen LogP contribution >= 0.6 is 22.7 Å². The van der Waals surface area contributed by atoms with Crippen molar-refractivity contribution < 1.29 is 26.7 Å². The standard InChI is InChI=1S/C21H18FNO4S3/c1-27-17-13-18-20(21-16(17)9-11-28-21)23(10-2-12-30(24,25)26)19(29-18)8-5-14-3-6-15(22)7-4-14/h3-9,11,13H,2,10,12H2,1H3/p+1/b8-5+. The van der Waals surface area contributed by atoms with E-state index in [4.69, 9.17) is 9.29 Å². The molecule has 4 aromatic rings. The molecule has 0 amide bonds. The predicted molar refractivity (Wildman–Crippen MR) is 120 cm³/mol. The molecule has 0 aliphatic heterocycles. The fourth-order valence-electron chi connectivity index (χ4n) is 3.34. The van der Waals surface area contributed by atoms with Crippen molar-refractivity contribution in [3.05, 3.63) is 58.2 Å². The lowest BCUT2D eigenvalue weighted by Crippen LogP contribution is -2.36. The van der Waals surface area contributed by atoms with Crippen LogP contribution in [0.5, 0.6) is 5.75 Å². The normalized spacial score (nSPS) is 12.4. The maximum absolute atomic E-state index is 13.2. The lowest BCUT2D eigenvalue weighted by Gasteiger charge is -2.02. The lowest BCUT2D eigenvalue weighted by atomic mass is 10.2. The fourth-order valence-corrected chi connectivity index (χ4v) is 5.99. The molecule has 2 heterocycles. The topological polar surface area (TPSA) is 67.5 Å². The highest BCUT2D eigenvalue weighted by Gasteiger charge is 2.24. The molecule has 0 spiro atoms. The van der Waals surface area contributed by atoms with Crippen LogP contribution in [0, 0.1) is 5.82 Å². The molecule has 0 saturated carbocycles. The molecule has 0 aliphatic rings. The maximum Gasteiger partial charge on any atom is 0.265 e. The largest absolute Gasteiger partial charge is 0.496 e. The van der Waals surface area contributed by atoms with Gasteiger partial charge >= 0.3 is 0 Å². The molecular formula is C21H19FNO4S3+. The van der Waals surface area contributed by atoms with Crippen LogP contribution in [0.1, 0.15) is 17.0 Å². The summed E-state index contributed by atoms with van der Waals surface area (Å²) in [5.41, 5.74) is 1.87. The van der Waals surface area contributed by atoms with Crippen LogP contribution in [0.3, 0.4) is 0 Å². The molecule has 0 unspecified atom stereocenters. The van der Waals surface area contributed by atoms with Gasteiger partial charge in [0.25, 0.3) is 15.1 Å². The summed E-state index contributed by atoms with van der Waals surface area (Å²) < 4.78 is 54.4. The summed E-state index contributed by atoms with van der Waals surface area (Å²) in [6.07, 6.45) is 4.12. The number of thiophene rings is 1. The molecule has 0 saturated heterocycles. The van der Waals surface area contributed by atoms with Crippen molar-refractivity contribution >= 4 is 65.2 Å². The Labute approximate surface area is 181 Å². The molecule has 0 aliphatic carbocycles. The number of fused-ring (bicyclic) bond motifs is 3. The molecule has 5 nitrogen and oxygen atoms in total. The molecule has 0 radical (unpaired) electrons. The number of hydrogen-bond acceptors (Lipinski definition) is 5. The Morgan fingerprint density at radius 1 is 1.20 bits per heavy atom. The summed E-state index contributed by atoms with van der Waals surface area (Å²) in [6, 6.07) is 10.2. The number of methoxy groups -OCH3 is 1. The van der Waals surface area contributed by atoms with Crippen LogP contribution in [0.15, 0.2) is 41.8 Å². The predicted octanol–water partition coefficient (Wildman–Crippen LogP) is 5.00. The molecule has 30 heavy (non-hydrogen) atoms. The zero-order valence-electron chi connectivity index (χ0n) is 16.0. The average Bonchev–Trinajstić information content (AvgIpc) is 3.30. The first-order valence-electron chi connectivity index (χ1n) is 9.15. The number of hydrogen-bond donors (Lipinski definition) is 1. The van der Waals surface area contributed by atoms with Crippen molar-refractivity contribution in [1.29, 1.82) is 0 Å². The number of aromatic nitrogens is 1. The van der Waals surface area contributed by atoms with Crippen LogP contribution in [0.2, 0.25) is 0 Å². The van der Waals surface area contributed by atoms with Gasteiger partial charge in [-0.15, -0.1) is 11.3 Å². The van der Waals surface area contributed by atoms with E-state index in [1.54, 1.807) is 41.9 Å². The molecule has 0 atom stereocenters. The third-order valence-electron chi connectivity index (χ3n) is 4.68. The highest BCUT2D eigenvalue weighted by Crippen LogP contribution is 2.38. The van der Waals surface area contributed by atoms with E-state index in [1.807, 2.05) is 29.7 Å². The summed E-state index contributed by atoms with van der Waals surface area (Å²) in [5, 5.41) is 3.93. The third-order valence-corrected chi connectivity index (χ3v) is 7.51. The van der Waals surface area contributed by atoms with E-state index >= 15 is 0 Å². The number of ether oxygens (including phenoxy) is 1. The quantitative estimate of drug-likeness (QED) is 0.309. The van der Waals surface area contributed by atoms with Crippen LogP contribution in [-0.4, -0.2) is 25.8 Å². The molecule has 9 heteroatoms. The molecule has 4 rings (SSSR count). The summed E-state index contributed by atoms with van der Waals surface area (Å²) >= 11 is 3.17. The summed E-state index contributed by atoms with van der Waals surface area (Å²) in [6.45, 7) is 0.433. The van der Waals surface area contributed by atoms with Crippen molar-refractivity contribution in [2.24, 2.45) is 0 Å². The van der Waals surface area contributed by atoms with Gasteiger partial charge < -0.3 is 4.74 Å². The Bertz CT molecular complexity index is 1340. The number of rotatable bonds is 7. The van der Waals surface area contributed by atoms with Crippen molar-refractivity contribution in [2.75, 3.05) is 12.9 Å². The Morgan fingerprint density at radius 2 is 1.97 bits per heavy atom. The zero-order chi connectivity index (χ0) is 21.3. The Kier molecular flexibility index (Phi) is 5.88. The first-order chi connectivity index (χ1) is 14.4. The minimum atomic E-state index is -4.03. The van der Waals surface area contributed by atoms with E-state index in [-0.39, 0.29) is 18.0 Å². The summed E-state index contributed by atoms with van der Waals surface area (Å²) in [5.74, 6) is 0.197. The summed E-state index contributed by atoms with van der Waals surface area (Å²) in [7, 11) is -2.39. The van der Waals surface area contributed by atoms with Gasteiger partial charge in [0, 0.05) is 23.9 Å². The molecule has 2 aromatic carbocycles. The van der Waals surface area contributed by atoms with Crippen LogP contribution in [0.25, 0.3) is 32.5 Å². The SMILES string of the molecule is COc1cc2sc(/C=C/c3ccc(F)cc3)[n+](CCCS(=O)(=O)O)c2c2sccc12. The molecule has 0 bridgehead atoms. The van der Waals surface area contributed by atoms with Crippen molar-refractivity contribution in [3.63, 3.8) is 0 Å². The van der Waals surface area contributed by atoms with Crippen molar-refractivity contribution in [1.82, 2.24) is 0 Å². The van der Waals surface area contributed by atoms with Gasteiger partial charge in [-0.2, -0.15) is 13.0 Å². The van der Waals surface area contributed by atoms with Gasteiger partial charge in [-0.3, -0.25) is 4.55 Å². The number of halogens is 1. The highest BCUT2D eigenvalue weighted by atomic mass is 32.2. The third kappa shape index (κ3) is 4.39. The first kappa shape index (κ1) is 20.9. The maximum atomic E-state index is 13.2. The minimum Gasteiger partial charge on any atom is -0.496 e. The molecular weight excluding hydrogens is 445 g/mol. The molecule has 0 fully saturated rings. The van der Waals surface area contributed by atoms with Gasteiger partial charge in [0.1, 0.15) is 21.0 Å². The van der Waals surface area contributed by atoms with Gasteiger partial charge in [-0.25, -0.2) is 4.39 Å².